The number of fused-ring (bicyclic) bond motifs is 1. The Morgan fingerprint density at radius 2 is 2.19 bits per heavy atom. The molecule has 1 amide bonds. The number of nitrogens with zero attached hydrogens (tertiary/aromatic N) is 1. The summed E-state index contributed by atoms with van der Waals surface area (Å²) < 4.78 is 0.959. The molecule has 0 fully saturated rings. The Morgan fingerprint density at radius 3 is 2.81 bits per heavy atom. The molecule has 2 N–H and O–H groups in total. The Hall–Kier alpha value is -0.870. The van der Waals surface area contributed by atoms with Gasteiger partial charge in [-0.25, -0.2) is 0 Å². The number of benzene rings is 1. The summed E-state index contributed by atoms with van der Waals surface area (Å²) >= 11 is 3.40. The standard InChI is InChI=1S/C12H15BrN2O/c1-7(2)6-15-10-4-3-8(13)5-9(10)11(14)12(15)16/h3-5,7,11H,6,14H2,1-2H3/t11-/m0/s1. The van der Waals surface area contributed by atoms with Crippen molar-refractivity contribution in [2.75, 3.05) is 11.4 Å². The summed E-state index contributed by atoms with van der Waals surface area (Å²) in [6.07, 6.45) is 0. The normalized spacial score (nSPS) is 19.4. The average Bonchev–Trinajstić information content (AvgIpc) is 2.43. The first kappa shape index (κ1) is 11.6. The highest BCUT2D eigenvalue weighted by Crippen LogP contribution is 2.36. The molecule has 0 radical (unpaired) electrons. The minimum Gasteiger partial charge on any atom is -0.316 e. The van der Waals surface area contributed by atoms with E-state index < -0.39 is 6.04 Å². The van der Waals surface area contributed by atoms with Crippen LogP contribution in [-0.4, -0.2) is 12.5 Å². The molecule has 1 atom stereocenters. The molecule has 4 heteroatoms. The van der Waals surface area contributed by atoms with E-state index in [0.717, 1.165) is 22.3 Å². The second-order valence-electron chi connectivity index (χ2n) is 4.52. The van der Waals surface area contributed by atoms with Gasteiger partial charge < -0.3 is 10.6 Å². The van der Waals surface area contributed by atoms with Crippen LogP contribution in [-0.2, 0) is 4.79 Å². The fourth-order valence-corrected chi connectivity index (χ4v) is 2.37. The molecule has 3 nitrogen and oxygen atoms in total. The van der Waals surface area contributed by atoms with Crippen LogP contribution in [0.3, 0.4) is 0 Å². The van der Waals surface area contributed by atoms with Crippen LogP contribution < -0.4 is 10.6 Å². The minimum atomic E-state index is -0.508. The average molecular weight is 283 g/mol. The van der Waals surface area contributed by atoms with Crippen molar-refractivity contribution in [3.63, 3.8) is 0 Å². The lowest BCUT2D eigenvalue weighted by Gasteiger charge is -2.19. The van der Waals surface area contributed by atoms with Gasteiger partial charge in [-0.3, -0.25) is 4.79 Å². The summed E-state index contributed by atoms with van der Waals surface area (Å²) in [6.45, 7) is 4.91. The molecule has 16 heavy (non-hydrogen) atoms. The number of carbonyl (C=O) groups excluding carboxylic acids is 1. The lowest BCUT2D eigenvalue weighted by molar-refractivity contribution is -0.119. The van der Waals surface area contributed by atoms with E-state index in [4.69, 9.17) is 5.73 Å². The van der Waals surface area contributed by atoms with Gasteiger partial charge >= 0.3 is 0 Å². The number of rotatable bonds is 2. The van der Waals surface area contributed by atoms with Crippen LogP contribution in [0.25, 0.3) is 0 Å². The molecule has 0 saturated heterocycles. The molecule has 0 aliphatic carbocycles. The summed E-state index contributed by atoms with van der Waals surface area (Å²) in [5, 5.41) is 0. The van der Waals surface area contributed by atoms with E-state index in [9.17, 15) is 4.79 Å². The molecule has 0 spiro atoms. The number of halogens is 1. The molecule has 1 aliphatic heterocycles. The Labute approximate surface area is 104 Å². The van der Waals surface area contributed by atoms with Crippen molar-refractivity contribution in [2.45, 2.75) is 19.9 Å². The zero-order valence-electron chi connectivity index (χ0n) is 9.40. The van der Waals surface area contributed by atoms with E-state index >= 15 is 0 Å². The van der Waals surface area contributed by atoms with Crippen LogP contribution >= 0.6 is 15.9 Å². The van der Waals surface area contributed by atoms with E-state index in [1.807, 2.05) is 18.2 Å². The van der Waals surface area contributed by atoms with E-state index in [1.165, 1.54) is 0 Å². The van der Waals surface area contributed by atoms with Crippen molar-refractivity contribution in [3.05, 3.63) is 28.2 Å². The summed E-state index contributed by atoms with van der Waals surface area (Å²) in [4.78, 5) is 13.8. The quantitative estimate of drug-likeness (QED) is 0.906. The molecular formula is C12H15BrN2O. The highest BCUT2D eigenvalue weighted by atomic mass is 79.9. The maximum atomic E-state index is 12.0. The number of amides is 1. The van der Waals surface area contributed by atoms with E-state index in [-0.39, 0.29) is 5.91 Å². The summed E-state index contributed by atoms with van der Waals surface area (Å²) in [6, 6.07) is 5.31. The van der Waals surface area contributed by atoms with Gasteiger partial charge in [0, 0.05) is 22.3 Å². The second-order valence-corrected chi connectivity index (χ2v) is 5.44. The number of nitrogens with two attached hydrogens (primary N) is 1. The summed E-state index contributed by atoms with van der Waals surface area (Å²) in [7, 11) is 0. The van der Waals surface area contributed by atoms with Gasteiger partial charge in [-0.15, -0.1) is 0 Å². The third-order valence-corrected chi connectivity index (χ3v) is 3.19. The Morgan fingerprint density at radius 1 is 1.50 bits per heavy atom. The lowest BCUT2D eigenvalue weighted by atomic mass is 10.1. The molecule has 1 aromatic carbocycles. The third kappa shape index (κ3) is 1.87. The number of carbonyl (C=O) groups is 1. The highest BCUT2D eigenvalue weighted by molar-refractivity contribution is 9.10. The fraction of sp³-hybridized carbons (Fsp3) is 0.417. The van der Waals surface area contributed by atoms with E-state index in [1.54, 1.807) is 4.90 Å². The Balaban J connectivity index is 2.42. The van der Waals surface area contributed by atoms with Crippen LogP contribution in [0.5, 0.6) is 0 Å². The van der Waals surface area contributed by atoms with Crippen molar-refractivity contribution >= 4 is 27.5 Å². The van der Waals surface area contributed by atoms with Crippen molar-refractivity contribution in [2.24, 2.45) is 11.7 Å². The van der Waals surface area contributed by atoms with Crippen LogP contribution in [0.2, 0.25) is 0 Å². The molecule has 86 valence electrons. The molecule has 1 aliphatic rings. The van der Waals surface area contributed by atoms with Crippen molar-refractivity contribution in [3.8, 4) is 0 Å². The predicted molar refractivity (Wildman–Crippen MR) is 68.3 cm³/mol. The summed E-state index contributed by atoms with van der Waals surface area (Å²) in [5.74, 6) is 0.438. The molecule has 2 rings (SSSR count). The maximum Gasteiger partial charge on any atom is 0.248 e. The first-order chi connectivity index (χ1) is 7.50. The van der Waals surface area contributed by atoms with Gasteiger partial charge in [0.25, 0.3) is 0 Å². The van der Waals surface area contributed by atoms with Crippen LogP contribution in [0.1, 0.15) is 25.5 Å². The minimum absolute atomic E-state index is 0.00167. The first-order valence-electron chi connectivity index (χ1n) is 5.37. The van der Waals surface area contributed by atoms with Gasteiger partial charge in [0.2, 0.25) is 5.91 Å². The molecule has 0 saturated carbocycles. The van der Waals surface area contributed by atoms with Gasteiger partial charge in [0.15, 0.2) is 0 Å². The first-order valence-corrected chi connectivity index (χ1v) is 6.16. The topological polar surface area (TPSA) is 46.3 Å². The maximum absolute atomic E-state index is 12.0. The number of hydrogen-bond donors (Lipinski definition) is 1. The van der Waals surface area contributed by atoms with Gasteiger partial charge in [-0.2, -0.15) is 0 Å². The molecular weight excluding hydrogens is 268 g/mol. The predicted octanol–water partition coefficient (Wildman–Crippen LogP) is 2.45. The van der Waals surface area contributed by atoms with E-state index in [0.29, 0.717) is 5.92 Å². The monoisotopic (exact) mass is 282 g/mol. The molecule has 1 heterocycles. The number of hydrogen-bond acceptors (Lipinski definition) is 2. The summed E-state index contributed by atoms with van der Waals surface area (Å²) in [5.41, 5.74) is 7.78. The zero-order valence-corrected chi connectivity index (χ0v) is 11.0. The van der Waals surface area contributed by atoms with Crippen molar-refractivity contribution in [1.29, 1.82) is 0 Å². The lowest BCUT2D eigenvalue weighted by Crippen LogP contribution is -2.34. The van der Waals surface area contributed by atoms with Gasteiger partial charge in [-0.1, -0.05) is 29.8 Å². The SMILES string of the molecule is CC(C)CN1C(=O)[C@@H](N)c2cc(Br)ccc21. The van der Waals surface area contributed by atoms with Crippen LogP contribution in [0, 0.1) is 5.92 Å². The van der Waals surface area contributed by atoms with Crippen molar-refractivity contribution in [1.82, 2.24) is 0 Å². The van der Waals surface area contributed by atoms with Crippen LogP contribution in [0.4, 0.5) is 5.69 Å². The van der Waals surface area contributed by atoms with E-state index in [2.05, 4.69) is 29.8 Å². The molecule has 0 aromatic heterocycles. The van der Waals surface area contributed by atoms with Gasteiger partial charge in [0.05, 0.1) is 0 Å². The highest BCUT2D eigenvalue weighted by Gasteiger charge is 2.34. The van der Waals surface area contributed by atoms with Gasteiger partial charge in [0.1, 0.15) is 6.04 Å². The Kier molecular flexibility index (Phi) is 3.04. The second kappa shape index (κ2) is 4.18. The molecule has 0 bridgehead atoms. The number of anilines is 1. The third-order valence-electron chi connectivity index (χ3n) is 2.70. The van der Waals surface area contributed by atoms with Gasteiger partial charge in [-0.05, 0) is 24.1 Å². The largest absolute Gasteiger partial charge is 0.316 e. The van der Waals surface area contributed by atoms with Crippen molar-refractivity contribution < 1.29 is 4.79 Å². The smallest absolute Gasteiger partial charge is 0.248 e. The fourth-order valence-electron chi connectivity index (χ4n) is 1.99. The zero-order chi connectivity index (χ0) is 11.9. The van der Waals surface area contributed by atoms with Crippen LogP contribution in [0.15, 0.2) is 22.7 Å². The molecule has 0 unspecified atom stereocenters. The molecule has 1 aromatic rings. The Bertz CT molecular complexity index is 431.